The summed E-state index contributed by atoms with van der Waals surface area (Å²) < 4.78 is 0. The van der Waals surface area contributed by atoms with Gasteiger partial charge in [0.05, 0.1) is 17.4 Å². The maximum atomic E-state index is 5.85. The zero-order valence-electron chi connectivity index (χ0n) is 14.2. The van der Waals surface area contributed by atoms with Gasteiger partial charge in [0.25, 0.3) is 0 Å². The second-order valence-corrected chi connectivity index (χ2v) is 6.91. The van der Waals surface area contributed by atoms with Crippen LogP contribution in [0, 0.1) is 0 Å². The largest absolute Gasteiger partial charge is 0.355 e. The summed E-state index contributed by atoms with van der Waals surface area (Å²) in [5.74, 6) is 2.67. The first-order valence-corrected chi connectivity index (χ1v) is 9.23. The Morgan fingerprint density at radius 3 is 1.76 bits per heavy atom. The molecule has 0 N–H and O–H groups in total. The summed E-state index contributed by atoms with van der Waals surface area (Å²) >= 11 is 5.85. The number of anilines is 3. The second kappa shape index (κ2) is 7.39. The molecule has 0 radical (unpaired) electrons. The average Bonchev–Trinajstić information content (AvgIpc) is 2.70. The summed E-state index contributed by atoms with van der Waals surface area (Å²) in [7, 11) is 0. The van der Waals surface area contributed by atoms with E-state index in [-0.39, 0.29) is 0 Å². The summed E-state index contributed by atoms with van der Waals surface area (Å²) in [4.78, 5) is 15.3. The molecular weight excluding hydrogens is 338 g/mol. The molecule has 2 saturated heterocycles. The molecule has 132 valence electrons. The molecule has 2 fully saturated rings. The molecule has 8 heteroatoms. The zero-order chi connectivity index (χ0) is 17.1. The molecule has 4 rings (SSSR count). The van der Waals surface area contributed by atoms with Crippen molar-refractivity contribution < 1.29 is 0 Å². The number of piperidine rings is 1. The van der Waals surface area contributed by atoms with Crippen LogP contribution in [-0.4, -0.2) is 59.4 Å². The number of hydrogen-bond acceptors (Lipinski definition) is 7. The molecule has 0 aromatic carbocycles. The fourth-order valence-electron chi connectivity index (χ4n) is 3.38. The van der Waals surface area contributed by atoms with Crippen LogP contribution in [0.15, 0.2) is 24.5 Å². The van der Waals surface area contributed by atoms with Gasteiger partial charge in [-0.2, -0.15) is 0 Å². The standard InChI is InChI=1S/C17H22ClN7/c18-14-12-19-17(20-13-14)25-10-8-24(9-11-25)16-5-4-15(21-22-16)23-6-2-1-3-7-23/h4-5,12-13H,1-3,6-11H2. The Morgan fingerprint density at radius 2 is 1.20 bits per heavy atom. The first kappa shape index (κ1) is 16.3. The summed E-state index contributed by atoms with van der Waals surface area (Å²) in [6.07, 6.45) is 7.10. The van der Waals surface area contributed by atoms with Crippen LogP contribution in [0.25, 0.3) is 0 Å². The molecule has 2 aliphatic heterocycles. The number of rotatable bonds is 3. The van der Waals surface area contributed by atoms with E-state index in [0.29, 0.717) is 5.02 Å². The minimum Gasteiger partial charge on any atom is -0.355 e. The van der Waals surface area contributed by atoms with E-state index in [9.17, 15) is 0 Å². The summed E-state index contributed by atoms with van der Waals surface area (Å²) in [5.41, 5.74) is 0. The molecule has 0 spiro atoms. The van der Waals surface area contributed by atoms with E-state index in [1.807, 2.05) is 0 Å². The minimum absolute atomic E-state index is 0.562. The quantitative estimate of drug-likeness (QED) is 0.832. The Kier molecular flexibility index (Phi) is 4.83. The van der Waals surface area contributed by atoms with E-state index in [2.05, 4.69) is 47.0 Å². The average molecular weight is 360 g/mol. The van der Waals surface area contributed by atoms with Crippen molar-refractivity contribution in [2.75, 3.05) is 54.0 Å². The van der Waals surface area contributed by atoms with E-state index >= 15 is 0 Å². The molecule has 2 aromatic heterocycles. The zero-order valence-corrected chi connectivity index (χ0v) is 14.9. The highest BCUT2D eigenvalue weighted by Crippen LogP contribution is 2.20. The maximum absolute atomic E-state index is 5.85. The molecule has 4 heterocycles. The van der Waals surface area contributed by atoms with Crippen molar-refractivity contribution in [2.45, 2.75) is 19.3 Å². The Morgan fingerprint density at radius 1 is 0.680 bits per heavy atom. The van der Waals surface area contributed by atoms with E-state index in [1.54, 1.807) is 12.4 Å². The van der Waals surface area contributed by atoms with Crippen molar-refractivity contribution in [1.29, 1.82) is 0 Å². The number of hydrogen-bond donors (Lipinski definition) is 0. The second-order valence-electron chi connectivity index (χ2n) is 6.47. The van der Waals surface area contributed by atoms with Gasteiger partial charge in [-0.3, -0.25) is 0 Å². The van der Waals surface area contributed by atoms with Gasteiger partial charge in [0, 0.05) is 39.3 Å². The van der Waals surface area contributed by atoms with Crippen LogP contribution in [0.3, 0.4) is 0 Å². The smallest absolute Gasteiger partial charge is 0.225 e. The van der Waals surface area contributed by atoms with Crippen LogP contribution in [0.1, 0.15) is 19.3 Å². The molecule has 0 amide bonds. The Balaban J connectivity index is 1.36. The van der Waals surface area contributed by atoms with Gasteiger partial charge in [0.15, 0.2) is 11.6 Å². The lowest BCUT2D eigenvalue weighted by Gasteiger charge is -2.35. The third kappa shape index (κ3) is 3.76. The lowest BCUT2D eigenvalue weighted by atomic mass is 10.1. The normalized spacial score (nSPS) is 18.5. The van der Waals surface area contributed by atoms with Gasteiger partial charge in [-0.05, 0) is 31.4 Å². The predicted molar refractivity (Wildman–Crippen MR) is 99.6 cm³/mol. The number of nitrogens with zero attached hydrogens (tertiary/aromatic N) is 7. The summed E-state index contributed by atoms with van der Waals surface area (Å²) in [6.45, 7) is 5.66. The fourth-order valence-corrected chi connectivity index (χ4v) is 3.48. The summed E-state index contributed by atoms with van der Waals surface area (Å²) in [5, 5.41) is 9.46. The van der Waals surface area contributed by atoms with Gasteiger partial charge in [-0.1, -0.05) is 11.6 Å². The lowest BCUT2D eigenvalue weighted by Crippen LogP contribution is -2.47. The highest BCUT2D eigenvalue weighted by atomic mass is 35.5. The van der Waals surface area contributed by atoms with Crippen molar-refractivity contribution in [2.24, 2.45) is 0 Å². The Hall–Kier alpha value is -2.15. The van der Waals surface area contributed by atoms with Gasteiger partial charge in [0.2, 0.25) is 5.95 Å². The first-order chi connectivity index (χ1) is 12.3. The van der Waals surface area contributed by atoms with Crippen molar-refractivity contribution in [1.82, 2.24) is 20.2 Å². The topological polar surface area (TPSA) is 61.3 Å². The van der Waals surface area contributed by atoms with Gasteiger partial charge in [-0.15, -0.1) is 10.2 Å². The number of halogens is 1. The fraction of sp³-hybridized carbons (Fsp3) is 0.529. The highest BCUT2D eigenvalue weighted by molar-refractivity contribution is 6.30. The Labute approximate surface area is 152 Å². The monoisotopic (exact) mass is 359 g/mol. The van der Waals surface area contributed by atoms with Crippen molar-refractivity contribution >= 4 is 29.2 Å². The van der Waals surface area contributed by atoms with E-state index < -0.39 is 0 Å². The van der Waals surface area contributed by atoms with E-state index in [4.69, 9.17) is 11.6 Å². The van der Waals surface area contributed by atoms with Gasteiger partial charge in [0.1, 0.15) is 0 Å². The summed E-state index contributed by atoms with van der Waals surface area (Å²) in [6, 6.07) is 4.19. The predicted octanol–water partition coefficient (Wildman–Crippen LogP) is 2.24. The number of aromatic nitrogens is 4. The van der Waals surface area contributed by atoms with Crippen LogP contribution in [0.4, 0.5) is 17.6 Å². The minimum atomic E-state index is 0.562. The third-order valence-corrected chi connectivity index (χ3v) is 5.00. The molecule has 0 aliphatic carbocycles. The first-order valence-electron chi connectivity index (χ1n) is 8.86. The molecule has 25 heavy (non-hydrogen) atoms. The number of piperazine rings is 1. The maximum Gasteiger partial charge on any atom is 0.225 e. The molecule has 2 aromatic rings. The molecule has 2 aliphatic rings. The highest BCUT2D eigenvalue weighted by Gasteiger charge is 2.21. The van der Waals surface area contributed by atoms with Crippen molar-refractivity contribution in [3.63, 3.8) is 0 Å². The van der Waals surface area contributed by atoms with Crippen molar-refractivity contribution in [3.8, 4) is 0 Å². The molecule has 0 atom stereocenters. The lowest BCUT2D eigenvalue weighted by molar-refractivity contribution is 0.570. The van der Waals surface area contributed by atoms with Crippen LogP contribution in [0.5, 0.6) is 0 Å². The van der Waals surface area contributed by atoms with Crippen LogP contribution < -0.4 is 14.7 Å². The van der Waals surface area contributed by atoms with E-state index in [0.717, 1.165) is 56.9 Å². The van der Waals surface area contributed by atoms with Crippen molar-refractivity contribution in [3.05, 3.63) is 29.5 Å². The molecule has 0 bridgehead atoms. The molecular formula is C17H22ClN7. The molecule has 7 nitrogen and oxygen atoms in total. The van der Waals surface area contributed by atoms with E-state index in [1.165, 1.54) is 19.3 Å². The SMILES string of the molecule is Clc1cnc(N2CCN(c3ccc(N4CCCCC4)nn3)CC2)nc1. The molecule has 0 unspecified atom stereocenters. The van der Waals surface area contributed by atoms with Gasteiger partial charge >= 0.3 is 0 Å². The van der Waals surface area contributed by atoms with Gasteiger partial charge in [-0.25, -0.2) is 9.97 Å². The van der Waals surface area contributed by atoms with Crippen LogP contribution >= 0.6 is 11.6 Å². The van der Waals surface area contributed by atoms with Crippen LogP contribution in [-0.2, 0) is 0 Å². The molecule has 0 saturated carbocycles. The Bertz CT molecular complexity index is 677. The van der Waals surface area contributed by atoms with Crippen LogP contribution in [0.2, 0.25) is 5.02 Å². The van der Waals surface area contributed by atoms with Gasteiger partial charge < -0.3 is 14.7 Å². The third-order valence-electron chi connectivity index (χ3n) is 4.81.